The fourth-order valence-corrected chi connectivity index (χ4v) is 5.59. The number of ketones is 1. The van der Waals surface area contributed by atoms with Crippen molar-refractivity contribution >= 4 is 23.2 Å². The van der Waals surface area contributed by atoms with Crippen LogP contribution in [0.2, 0.25) is 0 Å². The van der Waals surface area contributed by atoms with Gasteiger partial charge in [0.25, 0.3) is 5.56 Å². The molecular formula is C25H20N2O5S. The summed E-state index contributed by atoms with van der Waals surface area (Å²) in [5.41, 5.74) is 2.97. The molecule has 8 heteroatoms. The molecule has 3 heterocycles. The van der Waals surface area contributed by atoms with Gasteiger partial charge in [-0.25, -0.2) is 4.99 Å². The fraction of sp³-hybridized carbons (Fsp3) is 0.240. The van der Waals surface area contributed by atoms with Crippen LogP contribution in [0.15, 0.2) is 63.5 Å². The van der Waals surface area contributed by atoms with E-state index in [0.717, 1.165) is 35.4 Å². The first-order chi connectivity index (χ1) is 16.1. The zero-order valence-electron chi connectivity index (χ0n) is 17.9. The first-order valence-corrected chi connectivity index (χ1v) is 11.6. The normalized spacial score (nSPS) is 19.2. The van der Waals surface area contributed by atoms with E-state index in [-0.39, 0.29) is 18.1 Å². The number of allylic oxidation sites excluding steroid dienone is 2. The number of aromatic nitrogens is 1. The summed E-state index contributed by atoms with van der Waals surface area (Å²) in [4.78, 5) is 32.0. The highest BCUT2D eigenvalue weighted by atomic mass is 32.1. The van der Waals surface area contributed by atoms with Crippen molar-refractivity contribution in [1.82, 2.24) is 4.57 Å². The Labute approximate surface area is 192 Å². The van der Waals surface area contributed by atoms with Crippen molar-refractivity contribution in [2.45, 2.75) is 25.3 Å². The fourth-order valence-electron chi connectivity index (χ4n) is 4.57. The molecule has 2 aromatic carbocycles. The highest BCUT2D eigenvalue weighted by Crippen LogP contribution is 2.36. The third-order valence-corrected chi connectivity index (χ3v) is 7.14. The maximum atomic E-state index is 13.6. The van der Waals surface area contributed by atoms with E-state index < -0.39 is 6.04 Å². The highest BCUT2D eigenvalue weighted by molar-refractivity contribution is 7.07. The molecule has 7 nitrogen and oxygen atoms in total. The Morgan fingerprint density at radius 3 is 2.73 bits per heavy atom. The van der Waals surface area contributed by atoms with Crippen molar-refractivity contribution in [1.29, 1.82) is 0 Å². The van der Waals surface area contributed by atoms with Crippen LogP contribution in [0, 0.1) is 0 Å². The first kappa shape index (κ1) is 20.0. The van der Waals surface area contributed by atoms with Crippen molar-refractivity contribution in [3.8, 4) is 17.2 Å². The molecule has 1 unspecified atom stereocenters. The number of carbonyl (C=O) groups excluding carboxylic acids is 1. The lowest BCUT2D eigenvalue weighted by Gasteiger charge is -2.28. The number of ether oxygens (including phenoxy) is 3. The Morgan fingerprint density at radius 1 is 1.09 bits per heavy atom. The van der Waals surface area contributed by atoms with Gasteiger partial charge in [-0.15, -0.1) is 0 Å². The van der Waals surface area contributed by atoms with Crippen LogP contribution in [0.5, 0.6) is 17.2 Å². The number of hydrogen-bond donors (Lipinski definition) is 0. The number of rotatable bonds is 3. The van der Waals surface area contributed by atoms with E-state index in [1.165, 1.54) is 11.3 Å². The van der Waals surface area contributed by atoms with Gasteiger partial charge < -0.3 is 14.2 Å². The van der Waals surface area contributed by atoms with Crippen molar-refractivity contribution in [2.75, 3.05) is 13.9 Å². The van der Waals surface area contributed by atoms with E-state index in [4.69, 9.17) is 19.2 Å². The Kier molecular flexibility index (Phi) is 4.69. The molecule has 0 saturated heterocycles. The second-order valence-corrected chi connectivity index (χ2v) is 9.11. The molecule has 1 aromatic heterocycles. The van der Waals surface area contributed by atoms with Crippen LogP contribution >= 0.6 is 11.3 Å². The maximum absolute atomic E-state index is 13.6. The Hall–Kier alpha value is -3.65. The summed E-state index contributed by atoms with van der Waals surface area (Å²) in [5, 5.41) is 0. The van der Waals surface area contributed by atoms with E-state index in [0.29, 0.717) is 32.8 Å². The largest absolute Gasteiger partial charge is 0.497 e. The van der Waals surface area contributed by atoms with E-state index in [1.54, 1.807) is 11.7 Å². The molecule has 1 aliphatic carbocycles. The van der Waals surface area contributed by atoms with Crippen molar-refractivity contribution in [2.24, 2.45) is 4.99 Å². The van der Waals surface area contributed by atoms with Crippen LogP contribution in [0.4, 0.5) is 0 Å². The summed E-state index contributed by atoms with van der Waals surface area (Å²) >= 11 is 1.34. The van der Waals surface area contributed by atoms with Crippen molar-refractivity contribution < 1.29 is 19.0 Å². The second-order valence-electron chi connectivity index (χ2n) is 8.11. The van der Waals surface area contributed by atoms with Crippen molar-refractivity contribution in [3.63, 3.8) is 0 Å². The summed E-state index contributed by atoms with van der Waals surface area (Å²) in [6, 6.07) is 12.6. The second kappa shape index (κ2) is 7.74. The van der Waals surface area contributed by atoms with E-state index in [2.05, 4.69) is 0 Å². The average Bonchev–Trinajstić information content (AvgIpc) is 3.42. The zero-order valence-corrected chi connectivity index (χ0v) is 18.7. The third kappa shape index (κ3) is 3.29. The molecule has 33 heavy (non-hydrogen) atoms. The maximum Gasteiger partial charge on any atom is 0.271 e. The highest BCUT2D eigenvalue weighted by Gasteiger charge is 2.35. The quantitative estimate of drug-likeness (QED) is 0.601. The topological polar surface area (TPSA) is 79.1 Å². The molecular weight excluding hydrogens is 440 g/mol. The van der Waals surface area contributed by atoms with Gasteiger partial charge in [-0.3, -0.25) is 14.2 Å². The average molecular weight is 461 g/mol. The number of hydrogen-bond acceptors (Lipinski definition) is 7. The lowest BCUT2D eigenvalue weighted by molar-refractivity contribution is -0.116. The molecule has 0 saturated carbocycles. The van der Waals surface area contributed by atoms with Gasteiger partial charge >= 0.3 is 0 Å². The standard InChI is InChI=1S/C25H20N2O5S/c1-30-16-8-6-15(7-9-16)23-22-17(3-2-4-18(22)28)26-25-27(23)24(29)21(33-25)12-14-5-10-19-20(11-14)32-13-31-19/h5-12,23H,2-4,13H2,1H3. The lowest BCUT2D eigenvalue weighted by atomic mass is 9.86. The number of nitrogens with zero attached hydrogens (tertiary/aromatic N) is 2. The lowest BCUT2D eigenvalue weighted by Crippen LogP contribution is -2.40. The number of thiazole rings is 1. The van der Waals surface area contributed by atoms with Gasteiger partial charge in [0, 0.05) is 12.0 Å². The van der Waals surface area contributed by atoms with Crippen molar-refractivity contribution in [3.05, 3.63) is 84.5 Å². The van der Waals surface area contributed by atoms with Gasteiger partial charge in [-0.2, -0.15) is 0 Å². The molecule has 3 aliphatic rings. The zero-order chi connectivity index (χ0) is 22.5. The Balaban J connectivity index is 1.54. The van der Waals surface area contributed by atoms with E-state index in [9.17, 15) is 9.59 Å². The SMILES string of the molecule is COc1ccc(C2C3=C(CCCC3=O)N=c3sc(=Cc4ccc5c(c4)OCO5)c(=O)n32)cc1. The van der Waals surface area contributed by atoms with E-state index in [1.807, 2.05) is 48.5 Å². The predicted octanol–water partition coefficient (Wildman–Crippen LogP) is 2.71. The number of fused-ring (bicyclic) bond motifs is 2. The summed E-state index contributed by atoms with van der Waals surface area (Å²) in [6.07, 6.45) is 3.83. The van der Waals surface area contributed by atoms with Crippen LogP contribution in [-0.4, -0.2) is 24.3 Å². The Morgan fingerprint density at radius 2 is 1.91 bits per heavy atom. The summed E-state index contributed by atoms with van der Waals surface area (Å²) in [6.45, 7) is 0.197. The number of Topliss-reactive ketones (excluding diaryl/α,β-unsaturated/α-hetero) is 1. The van der Waals surface area contributed by atoms with Crippen LogP contribution in [0.1, 0.15) is 36.4 Å². The molecule has 3 aromatic rings. The number of methoxy groups -OCH3 is 1. The third-order valence-electron chi connectivity index (χ3n) is 6.15. The molecule has 0 N–H and O–H groups in total. The first-order valence-electron chi connectivity index (χ1n) is 10.7. The summed E-state index contributed by atoms with van der Waals surface area (Å²) in [5.74, 6) is 2.14. The molecule has 166 valence electrons. The van der Waals surface area contributed by atoms with Gasteiger partial charge in [-0.05, 0) is 54.3 Å². The predicted molar refractivity (Wildman–Crippen MR) is 123 cm³/mol. The smallest absolute Gasteiger partial charge is 0.271 e. The minimum absolute atomic E-state index is 0.0610. The molecule has 0 radical (unpaired) electrons. The van der Waals surface area contributed by atoms with Crippen LogP contribution in [0.3, 0.4) is 0 Å². The van der Waals surface area contributed by atoms with Crippen LogP contribution < -0.4 is 29.1 Å². The van der Waals surface area contributed by atoms with E-state index >= 15 is 0 Å². The van der Waals surface area contributed by atoms with Gasteiger partial charge in [-0.1, -0.05) is 29.5 Å². The van der Waals surface area contributed by atoms with Gasteiger partial charge in [0.1, 0.15) is 5.75 Å². The Bertz CT molecular complexity index is 1500. The molecule has 1 atom stereocenters. The molecule has 0 bridgehead atoms. The van der Waals surface area contributed by atoms with Gasteiger partial charge in [0.15, 0.2) is 22.1 Å². The molecule has 0 amide bonds. The minimum Gasteiger partial charge on any atom is -0.497 e. The molecule has 0 spiro atoms. The number of carbonyl (C=O) groups is 1. The van der Waals surface area contributed by atoms with Crippen LogP contribution in [-0.2, 0) is 4.79 Å². The molecule has 0 fully saturated rings. The summed E-state index contributed by atoms with van der Waals surface area (Å²) < 4.78 is 18.3. The number of benzene rings is 2. The minimum atomic E-state index is -0.492. The molecule has 6 rings (SSSR count). The summed E-state index contributed by atoms with van der Waals surface area (Å²) in [7, 11) is 1.61. The van der Waals surface area contributed by atoms with Gasteiger partial charge in [0.05, 0.1) is 23.4 Å². The van der Waals surface area contributed by atoms with Gasteiger partial charge in [0.2, 0.25) is 6.79 Å². The van der Waals surface area contributed by atoms with Crippen LogP contribution in [0.25, 0.3) is 6.08 Å². The monoisotopic (exact) mass is 460 g/mol. The molecule has 2 aliphatic heterocycles.